The van der Waals surface area contributed by atoms with E-state index in [1.165, 1.54) is 0 Å². The lowest BCUT2D eigenvalue weighted by atomic mass is 10.2. The average Bonchev–Trinajstić information content (AvgIpc) is 3.17. The molecule has 0 saturated heterocycles. The van der Waals surface area contributed by atoms with E-state index < -0.39 is 0 Å². The van der Waals surface area contributed by atoms with Crippen molar-refractivity contribution in [2.45, 2.75) is 45.6 Å². The Bertz CT molecular complexity index is 851. The van der Waals surface area contributed by atoms with Gasteiger partial charge in [0.1, 0.15) is 5.76 Å². The molecule has 2 aromatic rings. The highest BCUT2D eigenvalue weighted by Crippen LogP contribution is 2.32. The van der Waals surface area contributed by atoms with Gasteiger partial charge in [-0.3, -0.25) is 9.79 Å². The van der Waals surface area contributed by atoms with Crippen molar-refractivity contribution in [3.05, 3.63) is 42.4 Å². The molecule has 0 bridgehead atoms. The van der Waals surface area contributed by atoms with Crippen LogP contribution in [-0.4, -0.2) is 44.2 Å². The number of furan rings is 1. The number of anilines is 1. The number of hydrogen-bond donors (Lipinski definition) is 3. The number of hydrogen-bond acceptors (Lipinski definition) is 5. The lowest BCUT2D eigenvalue weighted by molar-refractivity contribution is -0.121. The Morgan fingerprint density at radius 3 is 2.81 bits per heavy atom. The van der Waals surface area contributed by atoms with E-state index in [9.17, 15) is 4.79 Å². The molecule has 1 aliphatic rings. The van der Waals surface area contributed by atoms with Crippen molar-refractivity contribution < 1.29 is 18.7 Å². The van der Waals surface area contributed by atoms with E-state index in [2.05, 4.69) is 20.9 Å². The van der Waals surface area contributed by atoms with Gasteiger partial charge in [0.05, 0.1) is 19.5 Å². The van der Waals surface area contributed by atoms with Gasteiger partial charge in [-0.25, -0.2) is 0 Å². The molecule has 1 amide bonds. The maximum Gasteiger partial charge on any atom is 0.221 e. The molecule has 1 aliphatic heterocycles. The van der Waals surface area contributed by atoms with Gasteiger partial charge in [-0.2, -0.15) is 0 Å². The number of carbonyl (C=O) groups is 1. The molecule has 2 heterocycles. The van der Waals surface area contributed by atoms with Crippen LogP contribution in [-0.2, 0) is 11.2 Å². The standard InChI is InChI=1S/C23H32N4O4/c1-3-17(2)26-22(28)10-12-25-23(24-11-9-19-6-4-13-29-19)27-18-7-8-20-21(16-18)31-15-5-14-30-20/h4,6-8,13,16-17H,3,5,9-12,14-15H2,1-2H3,(H,26,28)(H2,24,25,27). The van der Waals surface area contributed by atoms with Crippen molar-refractivity contribution in [1.82, 2.24) is 10.6 Å². The van der Waals surface area contributed by atoms with E-state index in [-0.39, 0.29) is 11.9 Å². The molecule has 0 saturated carbocycles. The third kappa shape index (κ3) is 7.55. The normalized spacial score (nSPS) is 14.5. The van der Waals surface area contributed by atoms with Crippen molar-refractivity contribution in [3.8, 4) is 11.5 Å². The summed E-state index contributed by atoms with van der Waals surface area (Å²) >= 11 is 0. The number of nitrogens with zero attached hydrogens (tertiary/aromatic N) is 1. The van der Waals surface area contributed by atoms with Crippen LogP contribution in [0, 0.1) is 0 Å². The Balaban J connectivity index is 1.60. The molecule has 0 radical (unpaired) electrons. The molecule has 0 aliphatic carbocycles. The Labute approximate surface area is 183 Å². The summed E-state index contributed by atoms with van der Waals surface area (Å²) in [4.78, 5) is 16.7. The molecule has 1 unspecified atom stereocenters. The summed E-state index contributed by atoms with van der Waals surface area (Å²) in [7, 11) is 0. The van der Waals surface area contributed by atoms with Crippen LogP contribution in [0.1, 0.15) is 38.9 Å². The van der Waals surface area contributed by atoms with Gasteiger partial charge in [-0.1, -0.05) is 6.92 Å². The molecule has 0 fully saturated rings. The first kappa shape index (κ1) is 22.5. The highest BCUT2D eigenvalue weighted by molar-refractivity contribution is 5.94. The minimum atomic E-state index is 0.0207. The number of benzene rings is 1. The van der Waals surface area contributed by atoms with E-state index in [0.29, 0.717) is 50.9 Å². The van der Waals surface area contributed by atoms with Crippen molar-refractivity contribution >= 4 is 17.6 Å². The minimum absolute atomic E-state index is 0.0207. The molecule has 8 nitrogen and oxygen atoms in total. The fraction of sp³-hybridized carbons (Fsp3) is 0.478. The number of rotatable bonds is 9. The van der Waals surface area contributed by atoms with Gasteiger partial charge in [0, 0.05) is 50.1 Å². The molecule has 1 atom stereocenters. The summed E-state index contributed by atoms with van der Waals surface area (Å²) in [6.45, 7) is 6.35. The van der Waals surface area contributed by atoms with E-state index in [4.69, 9.17) is 13.9 Å². The Morgan fingerprint density at radius 2 is 2.03 bits per heavy atom. The molecule has 8 heteroatoms. The van der Waals surface area contributed by atoms with Gasteiger partial charge in [-0.05, 0) is 37.6 Å². The molecule has 0 spiro atoms. The van der Waals surface area contributed by atoms with Crippen LogP contribution in [0.15, 0.2) is 46.0 Å². The van der Waals surface area contributed by atoms with Gasteiger partial charge in [0.2, 0.25) is 5.91 Å². The van der Waals surface area contributed by atoms with Crippen LogP contribution in [0.5, 0.6) is 11.5 Å². The second-order valence-electron chi connectivity index (χ2n) is 7.45. The third-order valence-electron chi connectivity index (χ3n) is 4.88. The van der Waals surface area contributed by atoms with Gasteiger partial charge in [0.25, 0.3) is 0 Å². The smallest absolute Gasteiger partial charge is 0.221 e. The summed E-state index contributed by atoms with van der Waals surface area (Å²) < 4.78 is 16.8. The fourth-order valence-electron chi connectivity index (χ4n) is 2.99. The Hall–Kier alpha value is -3.16. The first-order valence-electron chi connectivity index (χ1n) is 10.9. The van der Waals surface area contributed by atoms with Gasteiger partial charge >= 0.3 is 0 Å². The van der Waals surface area contributed by atoms with Crippen molar-refractivity contribution in [2.24, 2.45) is 4.99 Å². The quantitative estimate of drug-likeness (QED) is 0.419. The molecule has 31 heavy (non-hydrogen) atoms. The topological polar surface area (TPSA) is 97.1 Å². The Kier molecular flexibility index (Phi) is 8.63. The van der Waals surface area contributed by atoms with E-state index in [1.807, 2.05) is 44.2 Å². The molecule has 3 rings (SSSR count). The van der Waals surface area contributed by atoms with Crippen LogP contribution in [0.2, 0.25) is 0 Å². The molecular formula is C23H32N4O4. The largest absolute Gasteiger partial charge is 0.490 e. The highest BCUT2D eigenvalue weighted by atomic mass is 16.5. The summed E-state index contributed by atoms with van der Waals surface area (Å²) in [5.41, 5.74) is 0.831. The van der Waals surface area contributed by atoms with Gasteiger partial charge in [-0.15, -0.1) is 0 Å². The van der Waals surface area contributed by atoms with Gasteiger partial charge in [0.15, 0.2) is 17.5 Å². The second kappa shape index (κ2) is 11.9. The van der Waals surface area contributed by atoms with Crippen LogP contribution >= 0.6 is 0 Å². The molecular weight excluding hydrogens is 396 g/mol. The number of nitrogens with one attached hydrogen (secondary N) is 3. The molecule has 1 aromatic heterocycles. The van der Waals surface area contributed by atoms with E-state index in [0.717, 1.165) is 30.0 Å². The van der Waals surface area contributed by atoms with E-state index >= 15 is 0 Å². The predicted molar refractivity (Wildman–Crippen MR) is 121 cm³/mol. The predicted octanol–water partition coefficient (Wildman–Crippen LogP) is 3.35. The summed E-state index contributed by atoms with van der Waals surface area (Å²) in [6.07, 6.45) is 4.48. The molecule has 1 aromatic carbocycles. The summed E-state index contributed by atoms with van der Waals surface area (Å²) in [5, 5.41) is 9.51. The highest BCUT2D eigenvalue weighted by Gasteiger charge is 2.12. The summed E-state index contributed by atoms with van der Waals surface area (Å²) in [6, 6.07) is 9.69. The summed E-state index contributed by atoms with van der Waals surface area (Å²) in [5.74, 6) is 2.95. The zero-order valence-corrected chi connectivity index (χ0v) is 18.3. The lowest BCUT2D eigenvalue weighted by Crippen LogP contribution is -2.37. The SMILES string of the molecule is CCC(C)NC(=O)CCNC(=NCCc1ccco1)Nc1ccc2c(c1)OCCCO2. The molecule has 3 N–H and O–H groups in total. The van der Waals surface area contributed by atoms with Crippen LogP contribution in [0.25, 0.3) is 0 Å². The average molecular weight is 429 g/mol. The molecule has 168 valence electrons. The maximum atomic E-state index is 12.1. The number of guanidine groups is 1. The van der Waals surface area contributed by atoms with Crippen molar-refractivity contribution in [3.63, 3.8) is 0 Å². The second-order valence-corrected chi connectivity index (χ2v) is 7.45. The number of carbonyl (C=O) groups excluding carboxylic acids is 1. The number of aliphatic imine (C=N–C) groups is 1. The first-order valence-corrected chi connectivity index (χ1v) is 10.9. The number of fused-ring (bicyclic) bond motifs is 1. The number of ether oxygens (including phenoxy) is 2. The van der Waals surface area contributed by atoms with Crippen molar-refractivity contribution in [1.29, 1.82) is 0 Å². The monoisotopic (exact) mass is 428 g/mol. The van der Waals surface area contributed by atoms with Crippen LogP contribution < -0.4 is 25.4 Å². The Morgan fingerprint density at radius 1 is 1.19 bits per heavy atom. The van der Waals surface area contributed by atoms with Crippen molar-refractivity contribution in [2.75, 3.05) is 31.6 Å². The first-order chi connectivity index (χ1) is 15.1. The van der Waals surface area contributed by atoms with Crippen LogP contribution in [0.4, 0.5) is 5.69 Å². The van der Waals surface area contributed by atoms with Crippen LogP contribution in [0.3, 0.4) is 0 Å². The zero-order chi connectivity index (χ0) is 21.9. The van der Waals surface area contributed by atoms with Gasteiger partial charge < -0.3 is 29.8 Å². The maximum absolute atomic E-state index is 12.1. The minimum Gasteiger partial charge on any atom is -0.490 e. The zero-order valence-electron chi connectivity index (χ0n) is 18.3. The number of amides is 1. The third-order valence-corrected chi connectivity index (χ3v) is 4.88. The fourth-order valence-corrected chi connectivity index (χ4v) is 2.99. The van der Waals surface area contributed by atoms with E-state index in [1.54, 1.807) is 6.26 Å². The lowest BCUT2D eigenvalue weighted by Gasteiger charge is -2.15.